The highest BCUT2D eigenvalue weighted by Crippen LogP contribution is 2.30. The quantitative estimate of drug-likeness (QED) is 0.280. The molecule has 0 radical (unpaired) electrons. The number of ether oxygens (including phenoxy) is 3. The Morgan fingerprint density at radius 2 is 1.36 bits per heavy atom. The Hall–Kier alpha value is -3.27. The van der Waals surface area contributed by atoms with Crippen molar-refractivity contribution >= 4 is 23.7 Å². The summed E-state index contributed by atoms with van der Waals surface area (Å²) in [6.07, 6.45) is -0.935. The predicted molar refractivity (Wildman–Crippen MR) is 123 cm³/mol. The van der Waals surface area contributed by atoms with Gasteiger partial charge in [-0.2, -0.15) is 0 Å². The van der Waals surface area contributed by atoms with Crippen LogP contribution in [0.3, 0.4) is 0 Å². The predicted octanol–water partition coefficient (Wildman–Crippen LogP) is 3.08. The molecule has 9 heteroatoms. The third-order valence-corrected chi connectivity index (χ3v) is 5.15. The van der Waals surface area contributed by atoms with Crippen LogP contribution in [0.15, 0.2) is 83.1 Å². The molecule has 33 heavy (non-hydrogen) atoms. The Morgan fingerprint density at radius 1 is 0.879 bits per heavy atom. The molecule has 0 saturated carbocycles. The van der Waals surface area contributed by atoms with Crippen molar-refractivity contribution in [3.05, 3.63) is 73.3 Å². The molecule has 0 aliphatic carbocycles. The van der Waals surface area contributed by atoms with E-state index in [-0.39, 0.29) is 31.8 Å². The molecule has 0 aliphatic rings. The van der Waals surface area contributed by atoms with Crippen LogP contribution in [0, 0.1) is 0 Å². The van der Waals surface area contributed by atoms with Crippen LogP contribution < -0.4 is 9.47 Å². The Morgan fingerprint density at radius 3 is 1.82 bits per heavy atom. The molecule has 2 rings (SSSR count). The zero-order valence-corrected chi connectivity index (χ0v) is 18.7. The number of hydrogen-bond acceptors (Lipinski definition) is 8. The molecule has 176 valence electrons. The molecule has 8 nitrogen and oxygen atoms in total. The minimum Gasteiger partial charge on any atom is -0.491 e. The fraction of sp³-hybridized carbons (Fsp3) is 0.250. The van der Waals surface area contributed by atoms with Gasteiger partial charge in [-0.3, -0.25) is 0 Å². The average molecular weight is 475 g/mol. The molecule has 2 aromatic rings. The van der Waals surface area contributed by atoms with Crippen molar-refractivity contribution < 1.29 is 39.1 Å². The van der Waals surface area contributed by atoms with E-state index in [4.69, 9.17) is 19.3 Å². The van der Waals surface area contributed by atoms with E-state index in [1.54, 1.807) is 24.3 Å². The highest BCUT2D eigenvalue weighted by atomic mass is 32.2. The number of carbonyl (C=O) groups excluding carboxylic acids is 1. The first-order valence-corrected chi connectivity index (χ1v) is 10.8. The zero-order valence-electron chi connectivity index (χ0n) is 17.9. The molecule has 3 N–H and O–H groups in total. The summed E-state index contributed by atoms with van der Waals surface area (Å²) in [6.45, 7) is 6.44. The van der Waals surface area contributed by atoms with Crippen LogP contribution in [-0.4, -0.2) is 59.3 Å². The van der Waals surface area contributed by atoms with Crippen molar-refractivity contribution in [2.24, 2.45) is 0 Å². The van der Waals surface area contributed by atoms with Gasteiger partial charge in [0.15, 0.2) is 0 Å². The van der Waals surface area contributed by atoms with Gasteiger partial charge >= 0.3 is 11.9 Å². The van der Waals surface area contributed by atoms with Gasteiger partial charge in [-0.05, 0) is 48.5 Å². The highest BCUT2D eigenvalue weighted by molar-refractivity contribution is 7.99. The van der Waals surface area contributed by atoms with E-state index in [0.717, 1.165) is 15.9 Å². The molecular weight excluding hydrogens is 448 g/mol. The Bertz CT molecular complexity index is 940. The molecular formula is C24H26O8S. The normalized spacial score (nSPS) is 12.3. The van der Waals surface area contributed by atoms with Crippen molar-refractivity contribution in [1.29, 1.82) is 0 Å². The summed E-state index contributed by atoms with van der Waals surface area (Å²) in [7, 11) is 0. The summed E-state index contributed by atoms with van der Waals surface area (Å²) in [5, 5.41) is 28.4. The number of carboxylic acids is 1. The van der Waals surface area contributed by atoms with Crippen LogP contribution in [0.5, 0.6) is 11.5 Å². The van der Waals surface area contributed by atoms with Crippen LogP contribution in [0.2, 0.25) is 0 Å². The number of aliphatic hydroxyl groups is 2. The van der Waals surface area contributed by atoms with Gasteiger partial charge in [0.05, 0.1) is 6.10 Å². The van der Waals surface area contributed by atoms with Crippen molar-refractivity contribution in [3.63, 3.8) is 0 Å². The number of carboxylic acid groups (broad SMARTS) is 1. The van der Waals surface area contributed by atoms with Gasteiger partial charge in [-0.25, -0.2) is 9.59 Å². The van der Waals surface area contributed by atoms with E-state index in [9.17, 15) is 19.8 Å². The standard InChI is InChI=1S/C24H26O8S/c1-3-23(27)32-15-18(26)14-31-20-6-10-22(11-7-20)33-21-8-4-19(5-9-21)30-13-17(25)12-16(2)24(28)29/h3-11,17-18,25-26H,1-2,12-15H2,(H,28,29). The van der Waals surface area contributed by atoms with Gasteiger partial charge in [0.25, 0.3) is 0 Å². The van der Waals surface area contributed by atoms with Gasteiger partial charge in [-0.1, -0.05) is 24.9 Å². The van der Waals surface area contributed by atoms with Crippen molar-refractivity contribution in [3.8, 4) is 11.5 Å². The Labute approximate surface area is 196 Å². The van der Waals surface area contributed by atoms with Gasteiger partial charge in [-0.15, -0.1) is 0 Å². The van der Waals surface area contributed by atoms with E-state index in [1.165, 1.54) is 11.8 Å². The Balaban J connectivity index is 1.77. The van der Waals surface area contributed by atoms with E-state index in [2.05, 4.69) is 13.2 Å². The van der Waals surface area contributed by atoms with Crippen molar-refractivity contribution in [1.82, 2.24) is 0 Å². The van der Waals surface area contributed by atoms with Crippen LogP contribution in [0.1, 0.15) is 6.42 Å². The lowest BCUT2D eigenvalue weighted by molar-refractivity contribution is -0.141. The van der Waals surface area contributed by atoms with Gasteiger partial charge < -0.3 is 29.5 Å². The van der Waals surface area contributed by atoms with Crippen LogP contribution >= 0.6 is 11.8 Å². The smallest absolute Gasteiger partial charge is 0.331 e. The molecule has 2 aromatic carbocycles. The molecule has 0 fully saturated rings. The van der Waals surface area contributed by atoms with Gasteiger partial charge in [0.2, 0.25) is 0 Å². The lowest BCUT2D eigenvalue weighted by Gasteiger charge is -2.13. The SMILES string of the molecule is C=CC(=O)OCC(O)COc1ccc(Sc2ccc(OCC(O)CC(=C)C(=O)O)cc2)cc1. The maximum Gasteiger partial charge on any atom is 0.331 e. The fourth-order valence-electron chi connectivity index (χ4n) is 2.44. The Kier molecular flexibility index (Phi) is 10.5. The van der Waals surface area contributed by atoms with E-state index < -0.39 is 24.1 Å². The summed E-state index contributed by atoms with van der Waals surface area (Å²) in [5.41, 5.74) is -0.0699. The molecule has 0 amide bonds. The van der Waals surface area contributed by atoms with Crippen LogP contribution in [0.4, 0.5) is 0 Å². The first kappa shape index (κ1) is 26.0. The van der Waals surface area contributed by atoms with Gasteiger partial charge in [0, 0.05) is 27.9 Å². The minimum atomic E-state index is -1.14. The van der Waals surface area contributed by atoms with Crippen molar-refractivity contribution in [2.75, 3.05) is 19.8 Å². The molecule has 0 spiro atoms. The second-order valence-corrected chi connectivity index (χ2v) is 8.07. The van der Waals surface area contributed by atoms with Gasteiger partial charge in [0.1, 0.15) is 37.4 Å². The number of rotatable bonds is 14. The zero-order chi connectivity index (χ0) is 24.2. The van der Waals surface area contributed by atoms with Crippen molar-refractivity contribution in [2.45, 2.75) is 28.4 Å². The highest BCUT2D eigenvalue weighted by Gasteiger charge is 2.12. The summed E-state index contributed by atoms with van der Waals surface area (Å²) < 4.78 is 15.7. The van der Waals surface area contributed by atoms with E-state index in [0.29, 0.717) is 11.5 Å². The third-order valence-electron chi connectivity index (χ3n) is 4.14. The number of esters is 1. The van der Waals surface area contributed by atoms with Crippen LogP contribution in [-0.2, 0) is 14.3 Å². The monoisotopic (exact) mass is 474 g/mol. The lowest BCUT2D eigenvalue weighted by atomic mass is 10.1. The van der Waals surface area contributed by atoms with E-state index in [1.807, 2.05) is 24.3 Å². The number of aliphatic carboxylic acids is 1. The first-order chi connectivity index (χ1) is 15.8. The maximum atomic E-state index is 11.0. The molecule has 0 saturated heterocycles. The molecule has 0 aromatic heterocycles. The first-order valence-electron chi connectivity index (χ1n) is 9.96. The molecule has 2 atom stereocenters. The number of benzene rings is 2. The van der Waals surface area contributed by atoms with Crippen LogP contribution in [0.25, 0.3) is 0 Å². The second-order valence-electron chi connectivity index (χ2n) is 6.92. The number of aliphatic hydroxyl groups excluding tert-OH is 2. The summed E-state index contributed by atoms with van der Waals surface area (Å²) >= 11 is 1.53. The second kappa shape index (κ2) is 13.3. The number of hydrogen-bond donors (Lipinski definition) is 3. The lowest BCUT2D eigenvalue weighted by Crippen LogP contribution is -2.24. The molecule has 0 aliphatic heterocycles. The fourth-order valence-corrected chi connectivity index (χ4v) is 3.26. The van der Waals surface area contributed by atoms with E-state index >= 15 is 0 Å². The summed E-state index contributed by atoms with van der Waals surface area (Å²) in [4.78, 5) is 23.7. The minimum absolute atomic E-state index is 0.0164. The molecule has 0 bridgehead atoms. The maximum absolute atomic E-state index is 11.0. The summed E-state index contributed by atoms with van der Waals surface area (Å²) in [6, 6.07) is 14.6. The topological polar surface area (TPSA) is 123 Å². The molecule has 0 heterocycles. The largest absolute Gasteiger partial charge is 0.491 e. The average Bonchev–Trinajstić information content (AvgIpc) is 2.81. The number of carbonyl (C=O) groups is 2. The molecule has 2 unspecified atom stereocenters. The third kappa shape index (κ3) is 9.82. The summed E-state index contributed by atoms with van der Waals surface area (Å²) in [5.74, 6) is -0.615.